The Labute approximate surface area is 285 Å². The van der Waals surface area contributed by atoms with Crippen molar-refractivity contribution in [1.82, 2.24) is 30.2 Å². The number of carbonyl (C=O) groups excluding carboxylic acids is 4. The molecule has 1 saturated heterocycles. The summed E-state index contributed by atoms with van der Waals surface area (Å²) in [5.41, 5.74) is -3.14. The van der Waals surface area contributed by atoms with Crippen LogP contribution in [0.25, 0.3) is 11.0 Å². The average Bonchev–Trinajstić information content (AvgIpc) is 3.75. The molecule has 4 rings (SSSR count). The zero-order valence-electron chi connectivity index (χ0n) is 28.9. The number of nitrogens with zero attached hydrogens (tertiary/aromatic N) is 2. The fraction of sp³-hybridized carbons (Fsp3) is 0.576. The Balaban J connectivity index is 1.66. The van der Waals surface area contributed by atoms with Crippen molar-refractivity contribution in [2.24, 2.45) is 5.41 Å². The maximum absolute atomic E-state index is 14.3. The van der Waals surface area contributed by atoms with E-state index in [4.69, 9.17) is 9.47 Å². The molecule has 16 heteroatoms. The molecule has 4 atom stereocenters. The minimum absolute atomic E-state index is 0.124. The van der Waals surface area contributed by atoms with E-state index in [1.807, 2.05) is 0 Å². The van der Waals surface area contributed by atoms with E-state index in [0.29, 0.717) is 23.9 Å². The highest BCUT2D eigenvalue weighted by molar-refractivity contribution is 7.91. The van der Waals surface area contributed by atoms with Crippen molar-refractivity contribution in [3.63, 3.8) is 0 Å². The van der Waals surface area contributed by atoms with Crippen LogP contribution in [0.15, 0.2) is 41.7 Å². The number of aromatic amines is 1. The maximum atomic E-state index is 14.3. The number of hydrogen-bond acceptors (Lipinski definition) is 10. The summed E-state index contributed by atoms with van der Waals surface area (Å²) in [5, 5.41) is 4.60. The number of sulfonamides is 1. The minimum atomic E-state index is -3.94. The predicted molar refractivity (Wildman–Crippen MR) is 181 cm³/mol. The number of aromatic nitrogens is 2. The first-order valence-electron chi connectivity index (χ1n) is 16.1. The molecule has 15 nitrogen and oxygen atoms in total. The molecule has 4 unspecified atom stereocenters. The number of para-hydroxylation sites is 2. The number of likely N-dealkylation sites (tertiary alicyclic amines) is 1. The number of carbonyl (C=O) groups is 4. The standard InChI is InChI=1S/C33H46N6O9S/c1-9-16-33(8,29(43)38-49(45,46)20-14-15-20)37-25(40)23-17-19(47-27-26(41)34-21-12-10-11-13-22(21)35-27)18-39(23)28(42)24(31(2,3)4)36-30(44)48-32(5,6)7/h9-13,19-20,23-24H,1,14-18H2,2-8H3,(H,34,41)(H,36,44)(H,37,40)(H,38,43). The van der Waals surface area contributed by atoms with Crippen LogP contribution in [0.1, 0.15) is 74.1 Å². The van der Waals surface area contributed by atoms with Crippen LogP contribution in [0.3, 0.4) is 0 Å². The van der Waals surface area contributed by atoms with Gasteiger partial charge in [0.05, 0.1) is 22.8 Å². The van der Waals surface area contributed by atoms with E-state index in [1.54, 1.807) is 65.8 Å². The van der Waals surface area contributed by atoms with Crippen LogP contribution in [-0.2, 0) is 29.1 Å². The summed E-state index contributed by atoms with van der Waals surface area (Å²) in [6.07, 6.45) is 0.210. The van der Waals surface area contributed by atoms with Crippen molar-refractivity contribution in [3.05, 3.63) is 47.3 Å². The van der Waals surface area contributed by atoms with Gasteiger partial charge >= 0.3 is 11.7 Å². The van der Waals surface area contributed by atoms with Crippen molar-refractivity contribution in [1.29, 1.82) is 0 Å². The Morgan fingerprint density at radius 2 is 1.76 bits per heavy atom. The molecule has 2 fully saturated rings. The third kappa shape index (κ3) is 9.16. The first kappa shape index (κ1) is 37.4. The van der Waals surface area contributed by atoms with Crippen LogP contribution in [0.4, 0.5) is 4.79 Å². The summed E-state index contributed by atoms with van der Waals surface area (Å²) < 4.78 is 38.6. The van der Waals surface area contributed by atoms with E-state index in [2.05, 4.69) is 31.9 Å². The number of alkyl carbamates (subject to hydrolysis) is 1. The van der Waals surface area contributed by atoms with Crippen molar-refractivity contribution in [2.45, 2.75) is 109 Å². The number of amides is 4. The van der Waals surface area contributed by atoms with E-state index in [0.717, 1.165) is 0 Å². The number of hydrogen-bond donors (Lipinski definition) is 4. The van der Waals surface area contributed by atoms with Crippen molar-refractivity contribution >= 4 is 44.9 Å². The lowest BCUT2D eigenvalue weighted by Crippen LogP contribution is -2.62. The molecule has 2 aromatic rings. The van der Waals surface area contributed by atoms with Gasteiger partial charge in [-0.3, -0.25) is 23.9 Å². The topological polar surface area (TPSA) is 206 Å². The van der Waals surface area contributed by atoms with Crippen LogP contribution in [0.5, 0.6) is 5.88 Å². The Morgan fingerprint density at radius 1 is 1.10 bits per heavy atom. The molecule has 1 aliphatic heterocycles. The highest BCUT2D eigenvalue weighted by atomic mass is 32.2. The second-order valence-electron chi connectivity index (χ2n) is 14.8. The van der Waals surface area contributed by atoms with E-state index >= 15 is 0 Å². The molecular weight excluding hydrogens is 656 g/mol. The zero-order valence-corrected chi connectivity index (χ0v) is 29.7. The summed E-state index contributed by atoms with van der Waals surface area (Å²) in [5.74, 6) is -2.65. The summed E-state index contributed by atoms with van der Waals surface area (Å²) >= 11 is 0. The largest absolute Gasteiger partial charge is 0.468 e. The van der Waals surface area contributed by atoms with Crippen LogP contribution < -0.4 is 25.7 Å². The number of rotatable bonds is 11. The molecule has 2 heterocycles. The fourth-order valence-electron chi connectivity index (χ4n) is 5.41. The highest BCUT2D eigenvalue weighted by Gasteiger charge is 2.49. The molecule has 49 heavy (non-hydrogen) atoms. The lowest BCUT2D eigenvalue weighted by molar-refractivity contribution is -0.143. The van der Waals surface area contributed by atoms with Crippen LogP contribution >= 0.6 is 0 Å². The summed E-state index contributed by atoms with van der Waals surface area (Å²) in [6, 6.07) is 4.40. The Bertz CT molecular complexity index is 1790. The van der Waals surface area contributed by atoms with Gasteiger partial charge in [-0.05, 0) is 64.5 Å². The van der Waals surface area contributed by atoms with Crippen molar-refractivity contribution in [3.8, 4) is 5.88 Å². The fourth-order valence-corrected chi connectivity index (χ4v) is 6.82. The van der Waals surface area contributed by atoms with Crippen LogP contribution in [-0.4, -0.2) is 88.2 Å². The van der Waals surface area contributed by atoms with Crippen LogP contribution in [0.2, 0.25) is 0 Å². The SMILES string of the molecule is C=CCC(C)(NC(=O)C1CC(Oc2nc3ccccc3[nH]c2=O)CN1C(=O)C(NC(=O)OC(C)(C)C)C(C)(C)C)C(=O)NS(=O)(=O)C1CC1. The summed E-state index contributed by atoms with van der Waals surface area (Å²) in [4.78, 5) is 75.6. The normalized spacial score (nSPS) is 20.1. The van der Waals surface area contributed by atoms with Crippen LogP contribution in [0, 0.1) is 5.41 Å². The third-order valence-corrected chi connectivity index (χ3v) is 9.94. The van der Waals surface area contributed by atoms with E-state index < -0.39 is 79.4 Å². The molecule has 1 aromatic heterocycles. The molecule has 0 bridgehead atoms. The smallest absolute Gasteiger partial charge is 0.408 e. The van der Waals surface area contributed by atoms with E-state index in [9.17, 15) is 32.4 Å². The molecule has 268 valence electrons. The van der Waals surface area contributed by atoms with Crippen molar-refractivity contribution in [2.75, 3.05) is 6.54 Å². The maximum Gasteiger partial charge on any atom is 0.408 e. The molecule has 0 spiro atoms. The Morgan fingerprint density at radius 3 is 2.35 bits per heavy atom. The highest BCUT2D eigenvalue weighted by Crippen LogP contribution is 2.30. The number of H-pyrrole nitrogens is 1. The molecule has 4 amide bonds. The van der Waals surface area contributed by atoms with Gasteiger partial charge in [0.2, 0.25) is 21.8 Å². The molecule has 1 aromatic carbocycles. The van der Waals surface area contributed by atoms with Gasteiger partial charge in [0.15, 0.2) is 0 Å². The first-order valence-corrected chi connectivity index (χ1v) is 17.6. The molecule has 4 N–H and O–H groups in total. The molecule has 1 aliphatic carbocycles. The predicted octanol–water partition coefficient (Wildman–Crippen LogP) is 2.27. The number of fused-ring (bicyclic) bond motifs is 1. The lowest BCUT2D eigenvalue weighted by Gasteiger charge is -2.36. The minimum Gasteiger partial charge on any atom is -0.468 e. The van der Waals surface area contributed by atoms with Crippen molar-refractivity contribution < 1.29 is 37.1 Å². The van der Waals surface area contributed by atoms with Gasteiger partial charge in [-0.25, -0.2) is 18.2 Å². The van der Waals surface area contributed by atoms with E-state index in [1.165, 1.54) is 17.9 Å². The van der Waals surface area contributed by atoms with Gasteiger partial charge in [0.1, 0.15) is 29.3 Å². The monoisotopic (exact) mass is 702 g/mol. The number of benzene rings is 1. The quantitative estimate of drug-likeness (QED) is 0.251. The zero-order chi connectivity index (χ0) is 36.5. The second-order valence-corrected chi connectivity index (χ2v) is 16.8. The molecule has 2 aliphatic rings. The number of nitrogens with one attached hydrogen (secondary N) is 4. The first-order chi connectivity index (χ1) is 22.6. The van der Waals surface area contributed by atoms with Gasteiger partial charge in [-0.15, -0.1) is 6.58 Å². The second kappa shape index (κ2) is 13.8. The lowest BCUT2D eigenvalue weighted by atomic mass is 9.85. The Hall–Kier alpha value is -4.47. The molecule has 0 radical (unpaired) electrons. The molecular formula is C33H46N6O9S. The van der Waals surface area contributed by atoms with Gasteiger partial charge in [0, 0.05) is 6.42 Å². The number of ether oxygens (including phenoxy) is 2. The summed E-state index contributed by atoms with van der Waals surface area (Å²) in [7, 11) is -3.94. The van der Waals surface area contributed by atoms with Gasteiger partial charge in [-0.1, -0.05) is 39.0 Å². The Kier molecular flexibility index (Phi) is 10.5. The summed E-state index contributed by atoms with van der Waals surface area (Å²) in [6.45, 7) is 15.1. The third-order valence-electron chi connectivity index (χ3n) is 8.12. The van der Waals surface area contributed by atoms with Gasteiger partial charge in [-0.2, -0.15) is 0 Å². The van der Waals surface area contributed by atoms with Gasteiger partial charge in [0.25, 0.3) is 11.8 Å². The van der Waals surface area contributed by atoms with Gasteiger partial charge < -0.3 is 30.0 Å². The molecule has 1 saturated carbocycles. The average molecular weight is 703 g/mol. The van der Waals surface area contributed by atoms with E-state index in [-0.39, 0.29) is 25.3 Å².